The van der Waals surface area contributed by atoms with E-state index in [1.54, 1.807) is 24.3 Å². The van der Waals surface area contributed by atoms with Gasteiger partial charge in [-0.2, -0.15) is 0 Å². The number of carbonyl (C=O) groups excluding carboxylic acids is 1. The molecule has 3 nitrogen and oxygen atoms in total. The van der Waals surface area contributed by atoms with Gasteiger partial charge in [0.1, 0.15) is 11.4 Å². The molecule has 1 rings (SSSR count). The maximum atomic E-state index is 10.6. The monoisotopic (exact) mass is 194 g/mol. The molecule has 0 radical (unpaired) electrons. The van der Waals surface area contributed by atoms with Gasteiger partial charge >= 0.3 is 0 Å². The normalized spacial score (nSPS) is 14.5. The maximum Gasteiger partial charge on any atom is 0.155 e. The van der Waals surface area contributed by atoms with Gasteiger partial charge in [-0.1, -0.05) is 12.1 Å². The molecule has 0 aliphatic rings. The SMILES string of the molecule is CCOc1ccc(C(C)(O)C=O)cc1. The summed E-state index contributed by atoms with van der Waals surface area (Å²) in [5.74, 6) is 0.734. The van der Waals surface area contributed by atoms with E-state index < -0.39 is 5.60 Å². The molecule has 1 atom stereocenters. The molecule has 0 aliphatic heterocycles. The van der Waals surface area contributed by atoms with E-state index in [2.05, 4.69) is 0 Å². The molecule has 0 saturated carbocycles. The lowest BCUT2D eigenvalue weighted by molar-refractivity contribution is -0.123. The third-order valence-electron chi connectivity index (χ3n) is 1.98. The Balaban J connectivity index is 2.88. The molecule has 0 aliphatic carbocycles. The number of aldehydes is 1. The van der Waals surface area contributed by atoms with Crippen molar-refractivity contribution in [2.24, 2.45) is 0 Å². The van der Waals surface area contributed by atoms with Gasteiger partial charge in [-0.05, 0) is 31.5 Å². The maximum absolute atomic E-state index is 10.6. The zero-order valence-electron chi connectivity index (χ0n) is 8.36. The summed E-state index contributed by atoms with van der Waals surface area (Å²) in [4.78, 5) is 10.6. The van der Waals surface area contributed by atoms with Gasteiger partial charge in [-0.3, -0.25) is 4.79 Å². The first-order chi connectivity index (χ1) is 6.60. The van der Waals surface area contributed by atoms with Gasteiger partial charge < -0.3 is 9.84 Å². The number of carbonyl (C=O) groups is 1. The predicted octanol–water partition coefficient (Wildman–Crippen LogP) is 1.49. The summed E-state index contributed by atoms with van der Waals surface area (Å²) in [5, 5.41) is 9.61. The first kappa shape index (κ1) is 10.7. The van der Waals surface area contributed by atoms with Crippen LogP contribution in [-0.4, -0.2) is 18.0 Å². The minimum Gasteiger partial charge on any atom is -0.494 e. The lowest BCUT2D eigenvalue weighted by Gasteiger charge is -2.16. The third kappa shape index (κ3) is 2.33. The van der Waals surface area contributed by atoms with Gasteiger partial charge in [-0.25, -0.2) is 0 Å². The first-order valence-corrected chi connectivity index (χ1v) is 4.52. The molecule has 1 N–H and O–H groups in total. The second-order valence-corrected chi connectivity index (χ2v) is 3.22. The van der Waals surface area contributed by atoms with Crippen LogP contribution < -0.4 is 4.74 Å². The molecule has 76 valence electrons. The van der Waals surface area contributed by atoms with Crippen molar-refractivity contribution in [3.8, 4) is 5.75 Å². The number of rotatable bonds is 4. The molecular weight excluding hydrogens is 180 g/mol. The number of aliphatic hydroxyl groups is 1. The van der Waals surface area contributed by atoms with Crippen LogP contribution in [-0.2, 0) is 10.4 Å². The van der Waals surface area contributed by atoms with E-state index in [4.69, 9.17) is 4.74 Å². The molecule has 1 aromatic rings. The van der Waals surface area contributed by atoms with E-state index in [0.29, 0.717) is 18.5 Å². The Labute approximate surface area is 83.3 Å². The Morgan fingerprint density at radius 1 is 1.43 bits per heavy atom. The van der Waals surface area contributed by atoms with E-state index in [0.717, 1.165) is 5.75 Å². The van der Waals surface area contributed by atoms with Gasteiger partial charge in [0.15, 0.2) is 6.29 Å². The van der Waals surface area contributed by atoms with E-state index >= 15 is 0 Å². The highest BCUT2D eigenvalue weighted by Gasteiger charge is 2.21. The highest BCUT2D eigenvalue weighted by atomic mass is 16.5. The van der Waals surface area contributed by atoms with Crippen molar-refractivity contribution in [2.75, 3.05) is 6.61 Å². The van der Waals surface area contributed by atoms with E-state index in [1.165, 1.54) is 6.92 Å². The van der Waals surface area contributed by atoms with Crippen molar-refractivity contribution in [3.63, 3.8) is 0 Å². The zero-order chi connectivity index (χ0) is 10.6. The molecule has 3 heteroatoms. The van der Waals surface area contributed by atoms with E-state index in [1.807, 2.05) is 6.92 Å². The smallest absolute Gasteiger partial charge is 0.155 e. The van der Waals surface area contributed by atoms with Crippen molar-refractivity contribution in [1.29, 1.82) is 0 Å². The quantitative estimate of drug-likeness (QED) is 0.739. The molecule has 0 heterocycles. The van der Waals surface area contributed by atoms with Crippen LogP contribution >= 0.6 is 0 Å². The molecule has 1 unspecified atom stereocenters. The van der Waals surface area contributed by atoms with Gasteiger partial charge in [0.05, 0.1) is 6.61 Å². The first-order valence-electron chi connectivity index (χ1n) is 4.52. The van der Waals surface area contributed by atoms with Crippen LogP contribution in [0.25, 0.3) is 0 Å². The number of ether oxygens (including phenoxy) is 1. The molecule has 0 spiro atoms. The number of hydrogen-bond donors (Lipinski definition) is 1. The molecule has 1 aromatic carbocycles. The highest BCUT2D eigenvalue weighted by Crippen LogP contribution is 2.21. The second kappa shape index (κ2) is 4.24. The molecule has 14 heavy (non-hydrogen) atoms. The van der Waals surface area contributed by atoms with Crippen molar-refractivity contribution in [3.05, 3.63) is 29.8 Å². The molecule has 0 saturated heterocycles. The predicted molar refractivity (Wildman–Crippen MR) is 53.2 cm³/mol. The third-order valence-corrected chi connectivity index (χ3v) is 1.98. The summed E-state index contributed by atoms with van der Waals surface area (Å²) >= 11 is 0. The Morgan fingerprint density at radius 3 is 2.43 bits per heavy atom. The number of benzene rings is 1. The van der Waals surface area contributed by atoms with Crippen molar-refractivity contribution in [1.82, 2.24) is 0 Å². The summed E-state index contributed by atoms with van der Waals surface area (Å²) in [6, 6.07) is 6.83. The fourth-order valence-corrected chi connectivity index (χ4v) is 1.12. The fraction of sp³-hybridized carbons (Fsp3) is 0.364. The van der Waals surface area contributed by atoms with Crippen LogP contribution in [0.1, 0.15) is 19.4 Å². The topological polar surface area (TPSA) is 46.5 Å². The van der Waals surface area contributed by atoms with Gasteiger partial charge in [-0.15, -0.1) is 0 Å². The van der Waals surface area contributed by atoms with Gasteiger partial charge in [0, 0.05) is 0 Å². The van der Waals surface area contributed by atoms with Gasteiger partial charge in [0.25, 0.3) is 0 Å². The Kier molecular flexibility index (Phi) is 3.25. The van der Waals surface area contributed by atoms with E-state index in [-0.39, 0.29) is 0 Å². The fourth-order valence-electron chi connectivity index (χ4n) is 1.12. The summed E-state index contributed by atoms with van der Waals surface area (Å²) in [6.45, 7) is 3.95. The summed E-state index contributed by atoms with van der Waals surface area (Å²) < 4.78 is 5.24. The Hall–Kier alpha value is -1.35. The summed E-state index contributed by atoms with van der Waals surface area (Å²) in [5.41, 5.74) is -0.846. The van der Waals surface area contributed by atoms with Crippen LogP contribution in [0, 0.1) is 0 Å². The highest BCUT2D eigenvalue weighted by molar-refractivity contribution is 5.65. The van der Waals surface area contributed by atoms with Gasteiger partial charge in [0.2, 0.25) is 0 Å². The van der Waals surface area contributed by atoms with Crippen LogP contribution in [0.5, 0.6) is 5.75 Å². The average molecular weight is 194 g/mol. The summed E-state index contributed by atoms with van der Waals surface area (Å²) in [7, 11) is 0. The minimum atomic E-state index is -1.41. The van der Waals surface area contributed by atoms with E-state index in [9.17, 15) is 9.90 Å². The van der Waals surface area contributed by atoms with Crippen LogP contribution in [0.3, 0.4) is 0 Å². The largest absolute Gasteiger partial charge is 0.494 e. The van der Waals surface area contributed by atoms with Crippen LogP contribution in [0.15, 0.2) is 24.3 Å². The lowest BCUT2D eigenvalue weighted by Crippen LogP contribution is -2.22. The molecule has 0 fully saturated rings. The average Bonchev–Trinajstić information content (AvgIpc) is 2.19. The van der Waals surface area contributed by atoms with Crippen molar-refractivity contribution in [2.45, 2.75) is 19.4 Å². The zero-order valence-corrected chi connectivity index (χ0v) is 8.36. The Morgan fingerprint density at radius 2 is 2.00 bits per heavy atom. The van der Waals surface area contributed by atoms with Crippen molar-refractivity contribution < 1.29 is 14.6 Å². The Bertz CT molecular complexity index is 301. The van der Waals surface area contributed by atoms with Crippen molar-refractivity contribution >= 4 is 6.29 Å². The van der Waals surface area contributed by atoms with Crippen LogP contribution in [0.4, 0.5) is 0 Å². The molecule has 0 aromatic heterocycles. The molecule has 0 amide bonds. The minimum absolute atomic E-state index is 0.517. The standard InChI is InChI=1S/C11H14O3/c1-3-14-10-6-4-9(5-7-10)11(2,13)8-12/h4-8,13H,3H2,1-2H3. The molecule has 0 bridgehead atoms. The summed E-state index contributed by atoms with van der Waals surface area (Å²) in [6.07, 6.45) is 0.517. The molecular formula is C11H14O3. The second-order valence-electron chi connectivity index (χ2n) is 3.22. The lowest BCUT2D eigenvalue weighted by atomic mass is 9.98. The van der Waals surface area contributed by atoms with Crippen LogP contribution in [0.2, 0.25) is 0 Å². The number of hydrogen-bond acceptors (Lipinski definition) is 3.